The Morgan fingerprint density at radius 1 is 1.44 bits per heavy atom. The number of nitrogens with zero attached hydrogens (tertiary/aromatic N) is 2. The number of hydrogen-bond acceptors (Lipinski definition) is 3. The molecule has 4 nitrogen and oxygen atoms in total. The second-order valence-electron chi connectivity index (χ2n) is 5.03. The molecular weight excluding hydrogens is 233 g/mol. The van der Waals surface area contributed by atoms with Crippen LogP contribution in [-0.2, 0) is 0 Å². The zero-order valence-corrected chi connectivity index (χ0v) is 10.1. The van der Waals surface area contributed by atoms with Gasteiger partial charge in [0, 0.05) is 19.1 Å². The molecule has 18 heavy (non-hydrogen) atoms. The van der Waals surface area contributed by atoms with E-state index >= 15 is 0 Å². The van der Waals surface area contributed by atoms with Crippen LogP contribution in [0.4, 0.5) is 4.39 Å². The quantitative estimate of drug-likeness (QED) is 0.809. The van der Waals surface area contributed by atoms with Gasteiger partial charge in [0.15, 0.2) is 0 Å². The van der Waals surface area contributed by atoms with E-state index in [-0.39, 0.29) is 5.91 Å². The number of piperidine rings is 1. The van der Waals surface area contributed by atoms with Gasteiger partial charge < -0.3 is 10.2 Å². The summed E-state index contributed by atoms with van der Waals surface area (Å²) in [6, 6.07) is 3.15. The molecule has 0 unspecified atom stereocenters. The number of amides is 1. The Hall–Kier alpha value is -1.49. The highest BCUT2D eigenvalue weighted by Crippen LogP contribution is 2.25. The van der Waals surface area contributed by atoms with Gasteiger partial charge in [-0.15, -0.1) is 0 Å². The highest BCUT2D eigenvalue weighted by Gasteiger charge is 2.36. The first-order chi connectivity index (χ1) is 8.74. The lowest BCUT2D eigenvalue weighted by atomic mass is 9.94. The Balaban J connectivity index is 1.72. The number of rotatable bonds is 1. The fourth-order valence-corrected chi connectivity index (χ4v) is 2.88. The predicted octanol–water partition coefficient (Wildman–Crippen LogP) is 1.04. The number of halogens is 1. The van der Waals surface area contributed by atoms with Crippen LogP contribution in [0.1, 0.15) is 23.3 Å². The molecule has 5 heteroatoms. The van der Waals surface area contributed by atoms with Gasteiger partial charge in [-0.05, 0) is 37.4 Å². The van der Waals surface area contributed by atoms with Gasteiger partial charge in [-0.25, -0.2) is 9.37 Å². The van der Waals surface area contributed by atoms with Crippen LogP contribution in [0.25, 0.3) is 0 Å². The van der Waals surface area contributed by atoms with Crippen molar-refractivity contribution in [2.45, 2.75) is 18.9 Å². The van der Waals surface area contributed by atoms with Crippen LogP contribution < -0.4 is 5.32 Å². The van der Waals surface area contributed by atoms with Crippen molar-refractivity contribution in [3.8, 4) is 0 Å². The molecule has 3 rings (SSSR count). The van der Waals surface area contributed by atoms with Gasteiger partial charge >= 0.3 is 0 Å². The van der Waals surface area contributed by atoms with Gasteiger partial charge in [-0.3, -0.25) is 4.79 Å². The number of aromatic nitrogens is 1. The Kier molecular flexibility index (Phi) is 2.99. The van der Waals surface area contributed by atoms with Gasteiger partial charge in [0.25, 0.3) is 5.91 Å². The number of hydrogen-bond donors (Lipinski definition) is 1. The minimum Gasteiger partial charge on any atom is -0.335 e. The molecule has 0 radical (unpaired) electrons. The van der Waals surface area contributed by atoms with Crippen molar-refractivity contribution >= 4 is 5.91 Å². The Labute approximate surface area is 105 Å². The number of pyridine rings is 1. The van der Waals surface area contributed by atoms with E-state index in [0.29, 0.717) is 17.7 Å². The minimum atomic E-state index is -0.414. The van der Waals surface area contributed by atoms with E-state index in [1.54, 1.807) is 0 Å². The number of likely N-dealkylation sites (tertiary alicyclic amines) is 1. The molecule has 0 aromatic carbocycles. The average molecular weight is 249 g/mol. The van der Waals surface area contributed by atoms with Crippen molar-refractivity contribution < 1.29 is 9.18 Å². The SMILES string of the molecule is O=C(c1ccc(F)cn1)N1C[C@@H]2CCCN[C@@H]2C1. The standard InChI is InChI=1S/C13H16FN3O/c14-10-3-4-11(16-6-10)13(18)17-7-9-2-1-5-15-12(9)8-17/h3-4,6,9,12,15H,1-2,5,7-8H2/t9-,12+/m0/s1. The van der Waals surface area contributed by atoms with E-state index in [4.69, 9.17) is 0 Å². The van der Waals surface area contributed by atoms with E-state index in [1.807, 2.05) is 4.90 Å². The molecule has 2 aliphatic heterocycles. The molecule has 2 fully saturated rings. The maximum Gasteiger partial charge on any atom is 0.272 e. The monoisotopic (exact) mass is 249 g/mol. The molecule has 2 aliphatic rings. The summed E-state index contributed by atoms with van der Waals surface area (Å²) in [6.07, 6.45) is 3.45. The topological polar surface area (TPSA) is 45.2 Å². The molecule has 0 spiro atoms. The molecule has 1 N–H and O–H groups in total. The molecule has 2 saturated heterocycles. The van der Waals surface area contributed by atoms with Crippen molar-refractivity contribution in [1.82, 2.24) is 15.2 Å². The van der Waals surface area contributed by atoms with Crippen LogP contribution >= 0.6 is 0 Å². The highest BCUT2D eigenvalue weighted by molar-refractivity contribution is 5.92. The van der Waals surface area contributed by atoms with Crippen LogP contribution in [0, 0.1) is 11.7 Å². The number of nitrogens with one attached hydrogen (secondary N) is 1. The molecule has 1 amide bonds. The van der Waals surface area contributed by atoms with Gasteiger partial charge in [0.05, 0.1) is 6.20 Å². The fourth-order valence-electron chi connectivity index (χ4n) is 2.88. The van der Waals surface area contributed by atoms with Crippen molar-refractivity contribution in [1.29, 1.82) is 0 Å². The molecule has 0 aliphatic carbocycles. The zero-order valence-electron chi connectivity index (χ0n) is 10.1. The molecule has 3 heterocycles. The van der Waals surface area contributed by atoms with Crippen molar-refractivity contribution in [3.63, 3.8) is 0 Å². The van der Waals surface area contributed by atoms with Crippen molar-refractivity contribution in [2.75, 3.05) is 19.6 Å². The van der Waals surface area contributed by atoms with Gasteiger partial charge in [-0.2, -0.15) is 0 Å². The summed E-state index contributed by atoms with van der Waals surface area (Å²) in [5, 5.41) is 3.45. The third-order valence-corrected chi connectivity index (χ3v) is 3.83. The maximum absolute atomic E-state index is 12.8. The lowest BCUT2D eigenvalue weighted by Gasteiger charge is -2.24. The summed E-state index contributed by atoms with van der Waals surface area (Å²) in [5.74, 6) is 0.0534. The lowest BCUT2D eigenvalue weighted by Crippen LogP contribution is -2.41. The summed E-state index contributed by atoms with van der Waals surface area (Å²) in [6.45, 7) is 2.57. The average Bonchev–Trinajstić information content (AvgIpc) is 2.82. The Morgan fingerprint density at radius 3 is 3.06 bits per heavy atom. The molecule has 1 aromatic rings. The van der Waals surface area contributed by atoms with Crippen LogP contribution in [0.2, 0.25) is 0 Å². The summed E-state index contributed by atoms with van der Waals surface area (Å²) >= 11 is 0. The maximum atomic E-state index is 12.8. The van der Waals surface area contributed by atoms with Crippen LogP contribution in [0.15, 0.2) is 18.3 Å². The van der Waals surface area contributed by atoms with Crippen molar-refractivity contribution in [3.05, 3.63) is 29.8 Å². The second-order valence-corrected chi connectivity index (χ2v) is 5.03. The van der Waals surface area contributed by atoms with E-state index in [1.165, 1.54) is 25.0 Å². The van der Waals surface area contributed by atoms with Gasteiger partial charge in [0.1, 0.15) is 11.5 Å². The van der Waals surface area contributed by atoms with E-state index < -0.39 is 5.82 Å². The second kappa shape index (κ2) is 4.65. The first kappa shape index (κ1) is 11.6. The number of carbonyl (C=O) groups is 1. The summed E-state index contributed by atoms with van der Waals surface area (Å²) in [4.78, 5) is 17.9. The predicted molar refractivity (Wildman–Crippen MR) is 64.6 cm³/mol. The smallest absolute Gasteiger partial charge is 0.272 e. The number of fused-ring (bicyclic) bond motifs is 1. The highest BCUT2D eigenvalue weighted by atomic mass is 19.1. The first-order valence-corrected chi connectivity index (χ1v) is 6.38. The molecular formula is C13H16FN3O. The van der Waals surface area contributed by atoms with Crippen LogP contribution in [0.3, 0.4) is 0 Å². The first-order valence-electron chi connectivity index (χ1n) is 6.38. The largest absolute Gasteiger partial charge is 0.335 e. The minimum absolute atomic E-state index is 0.0915. The molecule has 0 bridgehead atoms. The van der Waals surface area contributed by atoms with Crippen LogP contribution in [0.5, 0.6) is 0 Å². The molecule has 0 saturated carbocycles. The normalized spacial score (nSPS) is 27.1. The van der Waals surface area contributed by atoms with Gasteiger partial charge in [-0.1, -0.05) is 0 Å². The number of carbonyl (C=O) groups excluding carboxylic acids is 1. The summed E-state index contributed by atoms with van der Waals surface area (Å²) < 4.78 is 12.8. The third-order valence-electron chi connectivity index (χ3n) is 3.83. The van der Waals surface area contributed by atoms with E-state index in [9.17, 15) is 9.18 Å². The van der Waals surface area contributed by atoms with E-state index in [2.05, 4.69) is 10.3 Å². The third kappa shape index (κ3) is 2.10. The van der Waals surface area contributed by atoms with E-state index in [0.717, 1.165) is 25.8 Å². The summed E-state index contributed by atoms with van der Waals surface area (Å²) in [5.41, 5.74) is 0.329. The Morgan fingerprint density at radius 2 is 2.33 bits per heavy atom. The summed E-state index contributed by atoms with van der Waals surface area (Å²) in [7, 11) is 0. The molecule has 2 atom stereocenters. The molecule has 96 valence electrons. The fraction of sp³-hybridized carbons (Fsp3) is 0.538. The van der Waals surface area contributed by atoms with Crippen LogP contribution in [-0.4, -0.2) is 41.5 Å². The van der Waals surface area contributed by atoms with Crippen molar-refractivity contribution in [2.24, 2.45) is 5.92 Å². The molecule has 1 aromatic heterocycles. The lowest BCUT2D eigenvalue weighted by molar-refractivity contribution is 0.0779. The Bertz CT molecular complexity index is 434. The zero-order chi connectivity index (χ0) is 12.5. The van der Waals surface area contributed by atoms with Gasteiger partial charge in [0.2, 0.25) is 0 Å².